The second-order valence-corrected chi connectivity index (χ2v) is 3.09. The lowest BCUT2D eigenvalue weighted by atomic mass is 10.5. The van der Waals surface area contributed by atoms with E-state index in [1.807, 2.05) is 37.2 Å². The minimum absolute atomic E-state index is 0.169. The molecule has 0 aromatic carbocycles. The van der Waals surface area contributed by atoms with E-state index in [1.54, 1.807) is 12.4 Å². The minimum atomic E-state index is -0.169. The smallest absolute Gasteiger partial charge is 0.201 e. The van der Waals surface area contributed by atoms with Crippen LogP contribution in [0.4, 0.5) is 4.39 Å². The molecule has 0 N–H and O–H groups in total. The van der Waals surface area contributed by atoms with Gasteiger partial charge in [-0.05, 0) is 27.7 Å². The number of hydrogen-bond donors (Lipinski definition) is 0. The maximum Gasteiger partial charge on any atom is 0.201 e. The average Bonchev–Trinajstić information content (AvgIpc) is 2.22. The van der Waals surface area contributed by atoms with Crippen molar-refractivity contribution in [1.82, 2.24) is 4.90 Å². The first-order chi connectivity index (χ1) is 6.67. The number of halogens is 1. The Morgan fingerprint density at radius 2 is 1.64 bits per heavy atom. The molecule has 2 nitrogen and oxygen atoms in total. The molecule has 0 aliphatic rings. The summed E-state index contributed by atoms with van der Waals surface area (Å²) in [5, 5.41) is 0. The predicted octanol–water partition coefficient (Wildman–Crippen LogP) is 2.26. The molecule has 0 aliphatic heterocycles. The van der Waals surface area contributed by atoms with Crippen LogP contribution in [0.1, 0.15) is 27.7 Å². The van der Waals surface area contributed by atoms with Crippen LogP contribution in [0.5, 0.6) is 0 Å². The van der Waals surface area contributed by atoms with Gasteiger partial charge in [-0.2, -0.15) is 4.39 Å². The van der Waals surface area contributed by atoms with E-state index < -0.39 is 0 Å². The highest BCUT2D eigenvalue weighted by Crippen LogP contribution is 1.97. The Kier molecular flexibility index (Phi) is 7.07. The van der Waals surface area contributed by atoms with Crippen molar-refractivity contribution in [2.24, 2.45) is 0 Å². The molecular formula is C11H22FN2+. The zero-order valence-electron chi connectivity index (χ0n) is 9.76. The molecule has 14 heavy (non-hydrogen) atoms. The van der Waals surface area contributed by atoms with Crippen LogP contribution >= 0.6 is 0 Å². The van der Waals surface area contributed by atoms with E-state index in [0.29, 0.717) is 0 Å². The highest BCUT2D eigenvalue weighted by Gasteiger charge is 2.01. The van der Waals surface area contributed by atoms with Gasteiger partial charge in [0.05, 0.1) is 0 Å². The van der Waals surface area contributed by atoms with Crippen molar-refractivity contribution in [2.45, 2.75) is 27.7 Å². The second kappa shape index (κ2) is 7.54. The van der Waals surface area contributed by atoms with Crippen molar-refractivity contribution >= 4 is 6.21 Å². The van der Waals surface area contributed by atoms with Crippen molar-refractivity contribution in [3.63, 3.8) is 0 Å². The summed E-state index contributed by atoms with van der Waals surface area (Å²) in [5.74, 6) is -0.169. The summed E-state index contributed by atoms with van der Waals surface area (Å²) in [5.41, 5.74) is 0. The molecule has 0 aromatic rings. The number of rotatable bonds is 6. The molecule has 0 fully saturated rings. The van der Waals surface area contributed by atoms with Crippen LogP contribution in [-0.4, -0.2) is 41.9 Å². The minimum Gasteiger partial charge on any atom is -0.375 e. The van der Waals surface area contributed by atoms with Crippen LogP contribution in [0.3, 0.4) is 0 Å². The van der Waals surface area contributed by atoms with Gasteiger partial charge < -0.3 is 4.90 Å². The molecule has 0 heterocycles. The van der Waals surface area contributed by atoms with Crippen LogP contribution in [0.25, 0.3) is 0 Å². The van der Waals surface area contributed by atoms with Gasteiger partial charge in [-0.3, -0.25) is 0 Å². The molecule has 0 atom stereocenters. The maximum atomic E-state index is 13.4. The topological polar surface area (TPSA) is 6.25 Å². The largest absolute Gasteiger partial charge is 0.375 e. The van der Waals surface area contributed by atoms with Crippen LogP contribution in [-0.2, 0) is 0 Å². The number of hydrogen-bond acceptors (Lipinski definition) is 1. The standard InChI is InChI=1S/C11H22FN2/c1-5-13(6-2)9-11(12)10-14(7-3)8-4/h9-10H,5-8H2,1-4H3/q+1. The van der Waals surface area contributed by atoms with Gasteiger partial charge in [0.1, 0.15) is 13.1 Å². The van der Waals surface area contributed by atoms with Gasteiger partial charge in [-0.1, -0.05) is 0 Å². The first-order valence-electron chi connectivity index (χ1n) is 5.38. The summed E-state index contributed by atoms with van der Waals surface area (Å²) in [6.07, 6.45) is 3.14. The molecule has 0 bridgehead atoms. The molecule has 0 unspecified atom stereocenters. The lowest BCUT2D eigenvalue weighted by molar-refractivity contribution is -0.516. The Morgan fingerprint density at radius 3 is 2.00 bits per heavy atom. The maximum absolute atomic E-state index is 13.4. The number of nitrogens with zero attached hydrogens (tertiary/aromatic N) is 2. The van der Waals surface area contributed by atoms with Gasteiger partial charge in [0, 0.05) is 19.3 Å². The second-order valence-electron chi connectivity index (χ2n) is 3.09. The third-order valence-electron chi connectivity index (χ3n) is 2.24. The molecule has 0 radical (unpaired) electrons. The van der Waals surface area contributed by atoms with Crippen LogP contribution in [0.2, 0.25) is 0 Å². The fourth-order valence-corrected chi connectivity index (χ4v) is 1.19. The van der Waals surface area contributed by atoms with E-state index in [2.05, 4.69) is 0 Å². The lowest BCUT2D eigenvalue weighted by Gasteiger charge is -2.13. The van der Waals surface area contributed by atoms with Crippen molar-refractivity contribution in [3.8, 4) is 0 Å². The third-order valence-corrected chi connectivity index (χ3v) is 2.24. The molecule has 0 spiro atoms. The van der Waals surface area contributed by atoms with Crippen molar-refractivity contribution < 1.29 is 8.97 Å². The molecule has 0 aliphatic carbocycles. The van der Waals surface area contributed by atoms with Gasteiger partial charge >= 0.3 is 0 Å². The Balaban J connectivity index is 4.42. The third kappa shape index (κ3) is 5.00. The van der Waals surface area contributed by atoms with E-state index in [9.17, 15) is 4.39 Å². The molecule has 0 aromatic heterocycles. The van der Waals surface area contributed by atoms with Crippen LogP contribution in [0, 0.1) is 0 Å². The van der Waals surface area contributed by atoms with Crippen molar-refractivity contribution in [1.29, 1.82) is 0 Å². The Bertz CT molecular complexity index is 199. The quantitative estimate of drug-likeness (QED) is 0.472. The molecule has 0 saturated heterocycles. The SMILES string of the molecule is CCN(/C=C(/F)C=[N+](CC)CC)CC. The normalized spacial score (nSPS) is 11.4. The van der Waals surface area contributed by atoms with Crippen molar-refractivity contribution in [3.05, 3.63) is 12.0 Å². The van der Waals surface area contributed by atoms with Gasteiger partial charge in [0.15, 0.2) is 0 Å². The molecule has 82 valence electrons. The van der Waals surface area contributed by atoms with Crippen molar-refractivity contribution in [2.75, 3.05) is 26.2 Å². The summed E-state index contributed by atoms with van der Waals surface area (Å²) in [7, 11) is 0. The molecule has 0 amide bonds. The monoisotopic (exact) mass is 201 g/mol. The average molecular weight is 201 g/mol. The van der Waals surface area contributed by atoms with E-state index in [1.165, 1.54) is 0 Å². The Morgan fingerprint density at radius 1 is 1.14 bits per heavy atom. The summed E-state index contributed by atoms with van der Waals surface area (Å²) in [6, 6.07) is 0. The molecule has 0 rings (SSSR count). The van der Waals surface area contributed by atoms with Gasteiger partial charge in [-0.25, -0.2) is 4.58 Å². The van der Waals surface area contributed by atoms with E-state index >= 15 is 0 Å². The lowest BCUT2D eigenvalue weighted by Crippen LogP contribution is -2.18. The molecule has 3 heteroatoms. The Labute approximate surface area is 86.7 Å². The molecule has 0 saturated carbocycles. The van der Waals surface area contributed by atoms with E-state index in [0.717, 1.165) is 26.2 Å². The fraction of sp³-hybridized carbons (Fsp3) is 0.727. The van der Waals surface area contributed by atoms with E-state index in [-0.39, 0.29) is 5.83 Å². The summed E-state index contributed by atoms with van der Waals surface area (Å²) < 4.78 is 15.3. The summed E-state index contributed by atoms with van der Waals surface area (Å²) >= 11 is 0. The zero-order valence-corrected chi connectivity index (χ0v) is 9.76. The highest BCUT2D eigenvalue weighted by molar-refractivity contribution is 5.70. The first-order valence-corrected chi connectivity index (χ1v) is 5.38. The van der Waals surface area contributed by atoms with Crippen LogP contribution < -0.4 is 0 Å². The van der Waals surface area contributed by atoms with Gasteiger partial charge in [0.2, 0.25) is 12.0 Å². The first kappa shape index (κ1) is 13.1. The summed E-state index contributed by atoms with van der Waals surface area (Å²) in [4.78, 5) is 1.94. The van der Waals surface area contributed by atoms with Gasteiger partial charge in [0.25, 0.3) is 0 Å². The number of allylic oxidation sites excluding steroid dienone is 1. The highest BCUT2D eigenvalue weighted by atomic mass is 19.1. The van der Waals surface area contributed by atoms with E-state index in [4.69, 9.17) is 0 Å². The molecular weight excluding hydrogens is 179 g/mol. The predicted molar refractivity (Wildman–Crippen MR) is 59.5 cm³/mol. The fourth-order valence-electron chi connectivity index (χ4n) is 1.19. The Hall–Kier alpha value is -0.860. The van der Waals surface area contributed by atoms with Crippen LogP contribution in [0.15, 0.2) is 12.0 Å². The zero-order chi connectivity index (χ0) is 11.0. The van der Waals surface area contributed by atoms with Gasteiger partial charge in [-0.15, -0.1) is 0 Å². The summed E-state index contributed by atoms with van der Waals surface area (Å²) in [6.45, 7) is 11.4.